The molecule has 0 spiro atoms. The highest BCUT2D eigenvalue weighted by atomic mass is 32.2. The molecule has 1 unspecified atom stereocenters. The highest BCUT2D eigenvalue weighted by molar-refractivity contribution is 8.01. The Hall–Kier alpha value is -5.35. The third-order valence-corrected chi connectivity index (χ3v) is 15.2. The molecule has 1 aliphatic rings. The molecule has 1 atom stereocenters. The molecule has 0 saturated carbocycles. The van der Waals surface area contributed by atoms with Gasteiger partial charge in [0.15, 0.2) is 0 Å². The van der Waals surface area contributed by atoms with Crippen LogP contribution in [0.1, 0.15) is 23.1 Å². The molecule has 1 aliphatic heterocycles. The fourth-order valence-electron chi connectivity index (χ4n) is 7.03. The minimum absolute atomic E-state index is 0.0164. The van der Waals surface area contributed by atoms with E-state index in [-0.39, 0.29) is 18.9 Å². The quantitative estimate of drug-likeness (QED) is 0.0425. The lowest BCUT2D eigenvalue weighted by Crippen LogP contribution is -2.59. The summed E-state index contributed by atoms with van der Waals surface area (Å²) in [5.74, 6) is -0.642. The maximum absolute atomic E-state index is 14.9. The second kappa shape index (κ2) is 15.3. The molecule has 0 bridgehead atoms. The molecule has 0 aromatic heterocycles. The number of carbonyl (C=O) groups is 2. The zero-order valence-electron chi connectivity index (χ0n) is 28.1. The third kappa shape index (κ3) is 6.29. The summed E-state index contributed by atoms with van der Waals surface area (Å²) in [5.41, 5.74) is 3.61. The number of rotatable bonds is 12. The van der Waals surface area contributed by atoms with Crippen LogP contribution < -0.4 is 15.9 Å². The van der Waals surface area contributed by atoms with Crippen LogP contribution in [0.15, 0.2) is 195 Å². The lowest BCUT2D eigenvalue weighted by molar-refractivity contribution is -0.141. The van der Waals surface area contributed by atoms with E-state index in [1.54, 1.807) is 22.7 Å². The Balaban J connectivity index is 1.55. The van der Waals surface area contributed by atoms with Crippen molar-refractivity contribution in [2.75, 3.05) is 6.61 Å². The van der Waals surface area contributed by atoms with Gasteiger partial charge in [-0.05, 0) is 32.6 Å². The molecule has 1 fully saturated rings. The summed E-state index contributed by atoms with van der Waals surface area (Å²) >= 11 is 1.70. The van der Waals surface area contributed by atoms with E-state index < -0.39 is 23.0 Å². The predicted octanol–water partition coefficient (Wildman–Crippen LogP) is 8.12. The average molecular weight is 704 g/mol. The molecule has 4 nitrogen and oxygen atoms in total. The highest BCUT2D eigenvalue weighted by Gasteiger charge is 2.51. The van der Waals surface area contributed by atoms with Crippen LogP contribution >= 0.6 is 18.6 Å². The Morgan fingerprint density at radius 1 is 0.647 bits per heavy atom. The summed E-state index contributed by atoms with van der Waals surface area (Å²) in [5, 5.41) is 2.46. The van der Waals surface area contributed by atoms with Gasteiger partial charge in [0.2, 0.25) is 5.91 Å². The van der Waals surface area contributed by atoms with Gasteiger partial charge in [-0.3, -0.25) is 9.69 Å². The summed E-state index contributed by atoms with van der Waals surface area (Å²) in [4.78, 5) is 31.0. The van der Waals surface area contributed by atoms with E-state index in [4.69, 9.17) is 4.74 Å². The Morgan fingerprint density at radius 3 is 1.33 bits per heavy atom. The maximum Gasteiger partial charge on any atom is 0.356 e. The molecular formula is C45H38NO3PS. The number of thioether (sulfide) groups is 1. The van der Waals surface area contributed by atoms with E-state index >= 15 is 0 Å². The van der Waals surface area contributed by atoms with Crippen molar-refractivity contribution in [3.63, 3.8) is 0 Å². The molecule has 6 aromatic rings. The summed E-state index contributed by atoms with van der Waals surface area (Å²) in [6.07, 6.45) is 1.83. The molecule has 1 saturated heterocycles. The van der Waals surface area contributed by atoms with Crippen molar-refractivity contribution < 1.29 is 14.3 Å². The van der Waals surface area contributed by atoms with E-state index in [1.807, 2.05) is 72.8 Å². The predicted molar refractivity (Wildman–Crippen MR) is 213 cm³/mol. The largest absolute Gasteiger partial charge is 0.457 e. The van der Waals surface area contributed by atoms with Crippen molar-refractivity contribution >= 4 is 51.9 Å². The number of ether oxygens (including phenoxy) is 1. The summed E-state index contributed by atoms with van der Waals surface area (Å²) in [6, 6.07) is 61.7. The van der Waals surface area contributed by atoms with E-state index in [2.05, 4.69) is 116 Å². The minimum Gasteiger partial charge on any atom is -0.457 e. The first-order valence-corrected chi connectivity index (χ1v) is 19.7. The van der Waals surface area contributed by atoms with E-state index in [0.717, 1.165) is 32.6 Å². The van der Waals surface area contributed by atoms with Crippen molar-refractivity contribution in [3.05, 3.63) is 211 Å². The van der Waals surface area contributed by atoms with Crippen LogP contribution in [-0.2, 0) is 19.1 Å². The van der Waals surface area contributed by atoms with E-state index in [1.165, 1.54) is 0 Å². The number of amides is 1. The molecule has 252 valence electrons. The Kier molecular flexibility index (Phi) is 10.2. The van der Waals surface area contributed by atoms with Crippen molar-refractivity contribution in [2.24, 2.45) is 0 Å². The monoisotopic (exact) mass is 703 g/mol. The van der Waals surface area contributed by atoms with Gasteiger partial charge < -0.3 is 4.74 Å². The van der Waals surface area contributed by atoms with Crippen LogP contribution in [0.5, 0.6) is 0 Å². The molecule has 6 heteroatoms. The smallest absolute Gasteiger partial charge is 0.356 e. The van der Waals surface area contributed by atoms with Gasteiger partial charge in [0.05, 0.1) is 16.5 Å². The standard InChI is InChI=1S/C45H38NO3PS/c1-2-33-49-44(48)43(50(38-27-15-6-16-28-38,39-29-17-7-18-30-39)40-31-19-8-20-32-40)46-41(47)34-42(46)51-45(35-21-9-3-10-22-35,36-23-11-4-12-24-36)37-25-13-5-14-26-37/h2-32,42H,1,33-34H2. The zero-order valence-corrected chi connectivity index (χ0v) is 29.8. The van der Waals surface area contributed by atoms with Gasteiger partial charge in [0.1, 0.15) is 12.0 Å². The van der Waals surface area contributed by atoms with Crippen molar-refractivity contribution in [1.82, 2.24) is 4.90 Å². The van der Waals surface area contributed by atoms with Gasteiger partial charge in [-0.15, -0.1) is 11.8 Å². The van der Waals surface area contributed by atoms with Crippen molar-refractivity contribution in [1.29, 1.82) is 0 Å². The molecule has 0 aliphatic carbocycles. The topological polar surface area (TPSA) is 46.6 Å². The molecule has 0 radical (unpaired) electrons. The molecular weight excluding hydrogens is 666 g/mol. The number of esters is 1. The molecule has 1 amide bonds. The first-order chi connectivity index (χ1) is 25.1. The molecule has 7 rings (SSSR count). The molecule has 6 aromatic carbocycles. The third-order valence-electron chi connectivity index (χ3n) is 9.25. The number of β-lactam (4-membered cyclic amide) rings is 1. The number of carbonyl (C=O) groups excluding carboxylic acids is 2. The van der Waals surface area contributed by atoms with Gasteiger partial charge in [-0.1, -0.05) is 195 Å². The van der Waals surface area contributed by atoms with Crippen LogP contribution in [0.2, 0.25) is 0 Å². The number of hydrogen-bond donors (Lipinski definition) is 0. The highest BCUT2D eigenvalue weighted by Crippen LogP contribution is 2.55. The normalized spacial score (nSPS) is 14.3. The second-order valence-electron chi connectivity index (χ2n) is 12.2. The summed E-state index contributed by atoms with van der Waals surface area (Å²) in [6.45, 7) is 0.803. The SMILES string of the molecule is C=CCOC(=O)C(N1C(=O)CC1SC(c1ccccc1)(c1ccccc1)c1ccccc1)=P(c1ccccc1)(c1ccccc1)c1ccccc1. The van der Waals surface area contributed by atoms with Gasteiger partial charge >= 0.3 is 5.97 Å². The maximum atomic E-state index is 14.9. The lowest BCUT2D eigenvalue weighted by atomic mass is 9.84. The van der Waals surface area contributed by atoms with Crippen LogP contribution in [0.3, 0.4) is 0 Å². The van der Waals surface area contributed by atoms with E-state index in [0.29, 0.717) is 5.42 Å². The van der Waals surface area contributed by atoms with Gasteiger partial charge in [0, 0.05) is 6.89 Å². The van der Waals surface area contributed by atoms with Crippen LogP contribution in [0, 0.1) is 0 Å². The Labute approximate surface area is 304 Å². The number of nitrogens with zero attached hydrogens (tertiary/aromatic N) is 1. The fourth-order valence-corrected chi connectivity index (χ4v) is 13.3. The second-order valence-corrected chi connectivity index (χ2v) is 16.9. The first-order valence-electron chi connectivity index (χ1n) is 17.0. The summed E-state index contributed by atoms with van der Waals surface area (Å²) < 4.78 is 5.28. The van der Waals surface area contributed by atoms with Crippen LogP contribution in [0.4, 0.5) is 0 Å². The van der Waals surface area contributed by atoms with E-state index in [9.17, 15) is 9.59 Å². The number of benzene rings is 6. The lowest BCUT2D eigenvalue weighted by Gasteiger charge is -2.48. The van der Waals surface area contributed by atoms with Gasteiger partial charge in [-0.25, -0.2) is 4.79 Å². The molecule has 51 heavy (non-hydrogen) atoms. The fraction of sp³-hybridized carbons (Fsp3) is 0.0889. The van der Waals surface area contributed by atoms with Gasteiger partial charge in [-0.2, -0.15) is 0 Å². The Bertz CT molecular complexity index is 1960. The first kappa shape index (κ1) is 34.1. The zero-order chi connectivity index (χ0) is 35.1. The molecule has 0 N–H and O–H groups in total. The van der Waals surface area contributed by atoms with Crippen LogP contribution in [-0.4, -0.2) is 34.2 Å². The minimum atomic E-state index is -3.04. The molecule has 1 heterocycles. The van der Waals surface area contributed by atoms with Crippen molar-refractivity contribution in [3.8, 4) is 0 Å². The number of likely N-dealkylation sites (tertiary alicyclic amines) is 1. The van der Waals surface area contributed by atoms with Crippen molar-refractivity contribution in [2.45, 2.75) is 16.5 Å². The average Bonchev–Trinajstić information content (AvgIpc) is 3.20. The summed E-state index contributed by atoms with van der Waals surface area (Å²) in [7, 11) is 0. The number of hydrogen-bond acceptors (Lipinski definition) is 4. The van der Waals surface area contributed by atoms with Crippen LogP contribution in [0.25, 0.3) is 0 Å². The van der Waals surface area contributed by atoms with Gasteiger partial charge in [0.25, 0.3) is 0 Å². The Morgan fingerprint density at radius 2 is 1.00 bits per heavy atom.